The summed E-state index contributed by atoms with van der Waals surface area (Å²) in [7, 11) is 0. The highest BCUT2D eigenvalue weighted by molar-refractivity contribution is 5.11. The van der Waals surface area contributed by atoms with Gasteiger partial charge in [0.1, 0.15) is 0 Å². The Labute approximate surface area is 178 Å². The molecular formula is C27H49N. The third-order valence-corrected chi connectivity index (χ3v) is 3.93. The fourth-order valence-corrected chi connectivity index (χ4v) is 2.30. The molecule has 1 heteroatoms. The topological polar surface area (TPSA) is 3.24 Å². The van der Waals surface area contributed by atoms with Gasteiger partial charge in [-0.2, -0.15) is 0 Å². The Hall–Kier alpha value is -1.60. The number of hydrogen-bond acceptors (Lipinski definition) is 1. The number of piperidine rings is 1. The maximum Gasteiger partial charge on any atom is -0.00163 e. The first-order chi connectivity index (χ1) is 13.7. The second-order valence-corrected chi connectivity index (χ2v) is 5.93. The molecule has 0 atom stereocenters. The average molecular weight is 388 g/mol. The van der Waals surface area contributed by atoms with Crippen LogP contribution in [0.4, 0.5) is 0 Å². The van der Waals surface area contributed by atoms with Gasteiger partial charge in [-0.05, 0) is 45.3 Å². The van der Waals surface area contributed by atoms with Gasteiger partial charge in [-0.3, -0.25) is 0 Å². The van der Waals surface area contributed by atoms with Crippen LogP contribution >= 0.6 is 0 Å². The lowest BCUT2D eigenvalue weighted by Gasteiger charge is -2.28. The van der Waals surface area contributed by atoms with Crippen molar-refractivity contribution in [2.75, 3.05) is 19.6 Å². The minimum atomic E-state index is 0.979. The molecular weight excluding hydrogens is 338 g/mol. The van der Waals surface area contributed by atoms with Crippen molar-refractivity contribution in [3.05, 3.63) is 72.3 Å². The first-order valence-corrected chi connectivity index (χ1v) is 11.5. The summed E-state index contributed by atoms with van der Waals surface area (Å²) in [6, 6.07) is 22.3. The number of nitrogens with zero attached hydrogens (tertiary/aromatic N) is 1. The van der Waals surface area contributed by atoms with Crippen LogP contribution in [0.25, 0.3) is 0 Å². The summed E-state index contributed by atoms with van der Waals surface area (Å²) >= 11 is 0. The zero-order valence-electron chi connectivity index (χ0n) is 20.4. The molecule has 0 aromatic heterocycles. The van der Waals surface area contributed by atoms with E-state index in [-0.39, 0.29) is 0 Å². The highest BCUT2D eigenvalue weighted by Gasteiger charge is 2.12. The lowest BCUT2D eigenvalue weighted by molar-refractivity contribution is 0.201. The minimum Gasteiger partial charge on any atom is -0.304 e. The molecule has 3 rings (SSSR count). The van der Waals surface area contributed by atoms with Crippen molar-refractivity contribution >= 4 is 0 Å². The second-order valence-electron chi connectivity index (χ2n) is 5.93. The third kappa shape index (κ3) is 22.4. The van der Waals surface area contributed by atoms with Crippen LogP contribution in [0.1, 0.15) is 73.8 Å². The van der Waals surface area contributed by atoms with Crippen molar-refractivity contribution < 1.29 is 0 Å². The first kappa shape index (κ1) is 31.1. The maximum absolute atomic E-state index is 2.53. The van der Waals surface area contributed by atoms with Gasteiger partial charge in [0, 0.05) is 0 Å². The van der Waals surface area contributed by atoms with Crippen LogP contribution in [0.15, 0.2) is 66.7 Å². The van der Waals surface area contributed by atoms with Crippen LogP contribution in [-0.2, 0) is 0 Å². The van der Waals surface area contributed by atoms with Gasteiger partial charge in [0.25, 0.3) is 0 Å². The van der Waals surface area contributed by atoms with E-state index in [4.69, 9.17) is 0 Å². The molecule has 0 spiro atoms. The molecule has 0 aliphatic carbocycles. The number of aryl methyl sites for hydroxylation is 1. The fraction of sp³-hybridized carbons (Fsp3) is 0.556. The summed E-state index contributed by atoms with van der Waals surface area (Å²) in [4.78, 5) is 2.53. The minimum absolute atomic E-state index is 0.979. The summed E-state index contributed by atoms with van der Waals surface area (Å²) in [6.07, 6.45) is 2.82. The molecule has 1 fully saturated rings. The molecule has 0 amide bonds. The second kappa shape index (κ2) is 27.6. The molecule has 1 aliphatic heterocycles. The van der Waals surface area contributed by atoms with E-state index in [1.54, 1.807) is 0 Å². The van der Waals surface area contributed by atoms with E-state index < -0.39 is 0 Å². The van der Waals surface area contributed by atoms with Gasteiger partial charge in [-0.1, -0.05) is 128 Å². The molecule has 2 aromatic carbocycles. The van der Waals surface area contributed by atoms with Crippen LogP contribution in [0.3, 0.4) is 0 Å². The van der Waals surface area contributed by atoms with Gasteiger partial charge >= 0.3 is 0 Å². The van der Waals surface area contributed by atoms with E-state index >= 15 is 0 Å². The Balaban J connectivity index is -0.000000299. The first-order valence-electron chi connectivity index (χ1n) is 11.5. The van der Waals surface area contributed by atoms with Crippen LogP contribution in [0.5, 0.6) is 0 Å². The zero-order chi connectivity index (χ0) is 22.0. The Morgan fingerprint density at radius 2 is 1.00 bits per heavy atom. The van der Waals surface area contributed by atoms with Gasteiger partial charge in [0.15, 0.2) is 0 Å². The van der Waals surface area contributed by atoms with Crippen LogP contribution in [-0.4, -0.2) is 24.5 Å². The molecule has 0 N–H and O–H groups in total. The van der Waals surface area contributed by atoms with Gasteiger partial charge in [-0.25, -0.2) is 0 Å². The molecule has 28 heavy (non-hydrogen) atoms. The highest BCUT2D eigenvalue weighted by Crippen LogP contribution is 2.14. The molecule has 1 heterocycles. The largest absolute Gasteiger partial charge is 0.304 e. The van der Waals surface area contributed by atoms with E-state index in [0.29, 0.717) is 0 Å². The zero-order valence-corrected chi connectivity index (χ0v) is 20.4. The summed E-state index contributed by atoms with van der Waals surface area (Å²) in [5, 5.41) is 0. The third-order valence-electron chi connectivity index (χ3n) is 3.93. The van der Waals surface area contributed by atoms with Crippen LogP contribution in [0, 0.1) is 12.8 Å². The average Bonchev–Trinajstić information content (AvgIpc) is 2.81. The van der Waals surface area contributed by atoms with Crippen molar-refractivity contribution in [2.45, 2.75) is 75.2 Å². The van der Waals surface area contributed by atoms with Crippen molar-refractivity contribution in [1.29, 1.82) is 0 Å². The molecule has 0 radical (unpaired) electrons. The normalized spacial score (nSPS) is 12.5. The van der Waals surface area contributed by atoms with E-state index in [1.165, 1.54) is 38.0 Å². The molecule has 0 unspecified atom stereocenters. The van der Waals surface area contributed by atoms with Gasteiger partial charge < -0.3 is 4.90 Å². The predicted octanol–water partition coefficient (Wildman–Crippen LogP) is 8.50. The summed E-state index contributed by atoms with van der Waals surface area (Å²) in [5.41, 5.74) is 1.32. The van der Waals surface area contributed by atoms with E-state index in [9.17, 15) is 0 Å². The van der Waals surface area contributed by atoms with Gasteiger partial charge in [0.2, 0.25) is 0 Å². The molecule has 2 aromatic rings. The van der Waals surface area contributed by atoms with Crippen molar-refractivity contribution in [3.63, 3.8) is 0 Å². The molecule has 1 nitrogen and oxygen atoms in total. The Morgan fingerprint density at radius 3 is 1.25 bits per heavy atom. The molecule has 162 valence electrons. The Kier molecular flexibility index (Phi) is 30.7. The molecule has 0 bridgehead atoms. The van der Waals surface area contributed by atoms with E-state index in [0.717, 1.165) is 5.92 Å². The van der Waals surface area contributed by atoms with E-state index in [1.807, 2.05) is 96.1 Å². The maximum atomic E-state index is 2.53. The smallest absolute Gasteiger partial charge is 0.00163 e. The molecule has 0 saturated carbocycles. The summed E-state index contributed by atoms with van der Waals surface area (Å²) < 4.78 is 0. The monoisotopic (exact) mass is 387 g/mol. The number of benzene rings is 2. The van der Waals surface area contributed by atoms with E-state index in [2.05, 4.69) is 37.8 Å². The lowest BCUT2D eigenvalue weighted by atomic mass is 9.99. The molecule has 1 aliphatic rings. The fourth-order valence-electron chi connectivity index (χ4n) is 2.30. The van der Waals surface area contributed by atoms with Crippen molar-refractivity contribution in [1.82, 2.24) is 4.90 Å². The van der Waals surface area contributed by atoms with Crippen LogP contribution in [0.2, 0.25) is 0 Å². The highest BCUT2D eigenvalue weighted by atomic mass is 15.1. The number of rotatable bonds is 1. The Bertz CT molecular complexity index is 417. The number of hydrogen-bond donors (Lipinski definition) is 0. The summed E-state index contributed by atoms with van der Waals surface area (Å²) in [5.74, 6) is 0.979. The number of likely N-dealkylation sites (tertiary alicyclic amines) is 1. The lowest BCUT2D eigenvalue weighted by Crippen LogP contribution is -2.32. The quantitative estimate of drug-likeness (QED) is 0.474. The van der Waals surface area contributed by atoms with Crippen LogP contribution < -0.4 is 0 Å². The van der Waals surface area contributed by atoms with Gasteiger partial charge in [-0.15, -0.1) is 0 Å². The summed E-state index contributed by atoms with van der Waals surface area (Å²) in [6.45, 7) is 22.6. The standard InChI is InChI=1S/C8H17N.C7H8.C6H6.3C2H6/c1-3-9-6-4-8(2)5-7-9;1-7-5-3-2-4-6-7;1-2-4-6-5-3-1;3*1-2/h8H,3-7H2,1-2H3;2-6H,1H3;1-6H;3*1-2H3. The molecule has 1 saturated heterocycles. The van der Waals surface area contributed by atoms with Crippen molar-refractivity contribution in [3.8, 4) is 0 Å². The van der Waals surface area contributed by atoms with Gasteiger partial charge in [0.05, 0.1) is 0 Å². The SMILES string of the molecule is CC.CC.CC.CCN1CCC(C)CC1.Cc1ccccc1.c1ccccc1. The predicted molar refractivity (Wildman–Crippen MR) is 132 cm³/mol. The van der Waals surface area contributed by atoms with Crippen molar-refractivity contribution in [2.24, 2.45) is 5.92 Å². The Morgan fingerprint density at radius 1 is 0.679 bits per heavy atom.